The maximum atomic E-state index is 6.46. The van der Waals surface area contributed by atoms with Gasteiger partial charge in [0.05, 0.1) is 0 Å². The van der Waals surface area contributed by atoms with Crippen LogP contribution in [-0.2, 0) is 0 Å². The van der Waals surface area contributed by atoms with E-state index in [2.05, 4.69) is 146 Å². The Kier molecular flexibility index (Phi) is 6.52. The molecule has 9 aromatic carbocycles. The minimum atomic E-state index is 0.633. The molecule has 0 fully saturated rings. The predicted molar refractivity (Wildman–Crippen MR) is 218 cm³/mol. The average molecular weight is 676 g/mol. The van der Waals surface area contributed by atoms with E-state index in [1.54, 1.807) is 0 Å². The van der Waals surface area contributed by atoms with Crippen molar-refractivity contribution in [3.05, 3.63) is 176 Å². The number of benzene rings is 9. The van der Waals surface area contributed by atoms with Crippen LogP contribution in [0, 0.1) is 0 Å². The van der Waals surface area contributed by atoms with Crippen LogP contribution < -0.4 is 0 Å². The molecule has 0 atom stereocenters. The van der Waals surface area contributed by atoms with Crippen molar-refractivity contribution in [2.24, 2.45) is 0 Å². The number of hydrogen-bond donors (Lipinski definition) is 0. The molecule has 0 bridgehead atoms. The molecule has 11 aromatic rings. The molecule has 4 heteroatoms. The molecule has 0 aliphatic carbocycles. The van der Waals surface area contributed by atoms with Crippen molar-refractivity contribution in [3.8, 4) is 56.4 Å². The molecular weight excluding hydrogens is 647 g/mol. The van der Waals surface area contributed by atoms with E-state index < -0.39 is 0 Å². The number of aromatic nitrogens is 3. The number of furan rings is 1. The summed E-state index contributed by atoms with van der Waals surface area (Å²) in [5.41, 5.74) is 9.29. The van der Waals surface area contributed by atoms with E-state index in [-0.39, 0.29) is 0 Å². The molecule has 11 rings (SSSR count). The lowest BCUT2D eigenvalue weighted by Gasteiger charge is -2.14. The van der Waals surface area contributed by atoms with Crippen LogP contribution in [0.5, 0.6) is 0 Å². The first-order valence-corrected chi connectivity index (χ1v) is 17.9. The second kappa shape index (κ2) is 11.7. The summed E-state index contributed by atoms with van der Waals surface area (Å²) < 4.78 is 6.46. The SMILES string of the molecule is c1ccc(-c2ccc3c(c2)c2c(-c4ccc(-c5nc(-c6ccccc6)nc(-c6ccc7ccccc7c6)n5)cc4)ccc4oc5cccc3c5c42)cc1. The zero-order valence-electron chi connectivity index (χ0n) is 28.5. The Morgan fingerprint density at radius 1 is 0.302 bits per heavy atom. The fourth-order valence-electron chi connectivity index (χ4n) is 7.93. The van der Waals surface area contributed by atoms with Crippen molar-refractivity contribution in [1.29, 1.82) is 0 Å². The highest BCUT2D eigenvalue weighted by molar-refractivity contribution is 6.35. The lowest BCUT2D eigenvalue weighted by Crippen LogP contribution is -2.00. The summed E-state index contributed by atoms with van der Waals surface area (Å²) >= 11 is 0. The summed E-state index contributed by atoms with van der Waals surface area (Å²) in [6, 6.07) is 61.6. The maximum Gasteiger partial charge on any atom is 0.164 e. The quantitative estimate of drug-likeness (QED) is 0.170. The van der Waals surface area contributed by atoms with Gasteiger partial charge >= 0.3 is 0 Å². The van der Waals surface area contributed by atoms with Crippen LogP contribution >= 0.6 is 0 Å². The van der Waals surface area contributed by atoms with E-state index >= 15 is 0 Å². The molecule has 53 heavy (non-hydrogen) atoms. The van der Waals surface area contributed by atoms with Gasteiger partial charge in [-0.25, -0.2) is 15.0 Å². The molecule has 0 saturated carbocycles. The van der Waals surface area contributed by atoms with E-state index in [4.69, 9.17) is 19.4 Å². The molecule has 0 amide bonds. The van der Waals surface area contributed by atoms with Crippen LogP contribution in [-0.4, -0.2) is 15.0 Å². The zero-order valence-corrected chi connectivity index (χ0v) is 28.5. The summed E-state index contributed by atoms with van der Waals surface area (Å²) in [5.74, 6) is 1.92. The third kappa shape index (κ3) is 4.80. The van der Waals surface area contributed by atoms with E-state index in [0.29, 0.717) is 17.5 Å². The van der Waals surface area contributed by atoms with E-state index in [1.807, 2.05) is 30.3 Å². The molecule has 0 saturated heterocycles. The molecule has 4 nitrogen and oxygen atoms in total. The summed E-state index contributed by atoms with van der Waals surface area (Å²) in [5, 5.41) is 9.51. The largest absolute Gasteiger partial charge is 0.456 e. The van der Waals surface area contributed by atoms with Crippen LogP contribution in [0.3, 0.4) is 0 Å². The van der Waals surface area contributed by atoms with Gasteiger partial charge in [-0.1, -0.05) is 152 Å². The summed E-state index contributed by atoms with van der Waals surface area (Å²) in [6.07, 6.45) is 0. The Balaban J connectivity index is 1.09. The molecule has 246 valence electrons. The van der Waals surface area contributed by atoms with Gasteiger partial charge in [0.2, 0.25) is 0 Å². The fraction of sp³-hybridized carbons (Fsp3) is 0. The third-order valence-corrected chi connectivity index (χ3v) is 10.5. The number of hydrogen-bond acceptors (Lipinski definition) is 4. The topological polar surface area (TPSA) is 51.8 Å². The number of rotatable bonds is 5. The van der Waals surface area contributed by atoms with Crippen molar-refractivity contribution >= 4 is 54.3 Å². The third-order valence-electron chi connectivity index (χ3n) is 10.5. The Hall–Kier alpha value is -7.17. The molecular formula is C49H29N3O. The first kappa shape index (κ1) is 29.5. The normalized spacial score (nSPS) is 11.8. The zero-order chi connectivity index (χ0) is 34.9. The molecule has 0 aliphatic heterocycles. The number of fused-ring (bicyclic) bond motifs is 4. The second-order valence-electron chi connectivity index (χ2n) is 13.6. The van der Waals surface area contributed by atoms with Gasteiger partial charge in [-0.15, -0.1) is 0 Å². The van der Waals surface area contributed by atoms with Gasteiger partial charge in [-0.3, -0.25) is 0 Å². The van der Waals surface area contributed by atoms with Crippen LogP contribution in [0.4, 0.5) is 0 Å². The highest BCUT2D eigenvalue weighted by Crippen LogP contribution is 2.47. The molecule has 0 radical (unpaired) electrons. The highest BCUT2D eigenvalue weighted by atomic mass is 16.3. The van der Waals surface area contributed by atoms with Gasteiger partial charge in [0.1, 0.15) is 11.2 Å². The standard InChI is InChI=1S/C49H29N3O/c1-3-10-30(11-4-1)36-24-25-39-40-16-9-17-42-45(40)46-43(53-42)27-26-38(44(46)41(39)29-36)32-19-21-34(22-20-32)48-50-47(33-13-5-2-6-14-33)51-49(52-48)37-23-18-31-12-7-8-15-35(31)28-37/h1-29H. The monoisotopic (exact) mass is 675 g/mol. The Morgan fingerprint density at radius 2 is 0.906 bits per heavy atom. The van der Waals surface area contributed by atoms with Gasteiger partial charge in [0, 0.05) is 32.8 Å². The van der Waals surface area contributed by atoms with Gasteiger partial charge in [0.15, 0.2) is 17.5 Å². The lowest BCUT2D eigenvalue weighted by atomic mass is 9.88. The van der Waals surface area contributed by atoms with Gasteiger partial charge in [-0.2, -0.15) is 0 Å². The Morgan fingerprint density at radius 3 is 1.68 bits per heavy atom. The first-order chi connectivity index (χ1) is 26.2. The second-order valence-corrected chi connectivity index (χ2v) is 13.6. The first-order valence-electron chi connectivity index (χ1n) is 17.9. The van der Waals surface area contributed by atoms with E-state index in [9.17, 15) is 0 Å². The van der Waals surface area contributed by atoms with Crippen molar-refractivity contribution in [2.75, 3.05) is 0 Å². The van der Waals surface area contributed by atoms with Crippen LogP contribution in [0.15, 0.2) is 180 Å². The predicted octanol–water partition coefficient (Wildman–Crippen LogP) is 13.0. The minimum absolute atomic E-state index is 0.633. The molecule has 0 unspecified atom stereocenters. The van der Waals surface area contributed by atoms with Crippen molar-refractivity contribution in [2.45, 2.75) is 0 Å². The van der Waals surface area contributed by atoms with E-state index in [1.165, 1.54) is 48.8 Å². The number of nitrogens with zero attached hydrogens (tertiary/aromatic N) is 3. The van der Waals surface area contributed by atoms with Crippen molar-refractivity contribution < 1.29 is 4.42 Å². The van der Waals surface area contributed by atoms with Gasteiger partial charge in [0.25, 0.3) is 0 Å². The average Bonchev–Trinajstić information content (AvgIpc) is 3.63. The Labute approximate surface area is 305 Å². The van der Waals surface area contributed by atoms with Crippen molar-refractivity contribution in [3.63, 3.8) is 0 Å². The van der Waals surface area contributed by atoms with Gasteiger partial charge < -0.3 is 4.42 Å². The fourth-order valence-corrected chi connectivity index (χ4v) is 7.93. The van der Waals surface area contributed by atoms with Crippen LogP contribution in [0.25, 0.3) is 111 Å². The smallest absolute Gasteiger partial charge is 0.164 e. The molecule has 0 N–H and O–H groups in total. The van der Waals surface area contributed by atoms with Crippen LogP contribution in [0.1, 0.15) is 0 Å². The molecule has 2 aromatic heterocycles. The van der Waals surface area contributed by atoms with Crippen LogP contribution in [0.2, 0.25) is 0 Å². The highest BCUT2D eigenvalue weighted by Gasteiger charge is 2.21. The minimum Gasteiger partial charge on any atom is -0.456 e. The summed E-state index contributed by atoms with van der Waals surface area (Å²) in [6.45, 7) is 0. The van der Waals surface area contributed by atoms with Gasteiger partial charge in [-0.05, 0) is 73.5 Å². The van der Waals surface area contributed by atoms with Crippen molar-refractivity contribution in [1.82, 2.24) is 15.0 Å². The maximum absolute atomic E-state index is 6.46. The summed E-state index contributed by atoms with van der Waals surface area (Å²) in [4.78, 5) is 15.0. The Bertz CT molecular complexity index is 3150. The summed E-state index contributed by atoms with van der Waals surface area (Å²) in [7, 11) is 0. The lowest BCUT2D eigenvalue weighted by molar-refractivity contribution is 0.669. The molecule has 2 heterocycles. The molecule has 0 aliphatic rings. The molecule has 0 spiro atoms. The van der Waals surface area contributed by atoms with E-state index in [0.717, 1.165) is 44.4 Å².